The number of nitrogens with zero attached hydrogens (tertiary/aromatic N) is 2. The van der Waals surface area contributed by atoms with E-state index in [0.29, 0.717) is 11.6 Å². The number of imidazole rings is 1. The SMILES string of the molecule is CC1NCCCC1NC(=O)c1ccc2nccn2c1. The summed E-state index contributed by atoms with van der Waals surface area (Å²) in [7, 11) is 0. The molecule has 3 heterocycles. The molecule has 0 saturated carbocycles. The second-order valence-electron chi connectivity index (χ2n) is 5.08. The number of hydrogen-bond acceptors (Lipinski definition) is 3. The van der Waals surface area contributed by atoms with Crippen LogP contribution in [0.3, 0.4) is 0 Å². The summed E-state index contributed by atoms with van der Waals surface area (Å²) in [5, 5.41) is 6.49. The number of nitrogens with one attached hydrogen (secondary N) is 2. The predicted molar refractivity (Wildman–Crippen MR) is 73.1 cm³/mol. The summed E-state index contributed by atoms with van der Waals surface area (Å²) < 4.78 is 1.86. The standard InChI is InChI=1S/C14H18N4O/c1-10-12(3-2-6-15-10)17-14(19)11-4-5-13-16-7-8-18(13)9-11/h4-5,7-10,12,15H,2-3,6H2,1H3,(H,17,19). The van der Waals surface area contributed by atoms with Gasteiger partial charge >= 0.3 is 0 Å². The average Bonchev–Trinajstić information content (AvgIpc) is 2.88. The van der Waals surface area contributed by atoms with Crippen LogP contribution in [0.1, 0.15) is 30.1 Å². The Morgan fingerprint density at radius 3 is 3.26 bits per heavy atom. The molecule has 2 aromatic heterocycles. The molecule has 0 aromatic carbocycles. The first-order valence-electron chi connectivity index (χ1n) is 6.71. The molecule has 2 N–H and O–H groups in total. The predicted octanol–water partition coefficient (Wildman–Crippen LogP) is 1.20. The van der Waals surface area contributed by atoms with E-state index < -0.39 is 0 Å². The molecule has 2 unspecified atom stereocenters. The number of rotatable bonds is 2. The molecular weight excluding hydrogens is 240 g/mol. The second-order valence-corrected chi connectivity index (χ2v) is 5.08. The maximum atomic E-state index is 12.3. The third kappa shape index (κ3) is 2.46. The Morgan fingerprint density at radius 1 is 1.53 bits per heavy atom. The van der Waals surface area contributed by atoms with Gasteiger partial charge in [-0.1, -0.05) is 0 Å². The lowest BCUT2D eigenvalue weighted by Gasteiger charge is -2.30. The van der Waals surface area contributed by atoms with Gasteiger partial charge < -0.3 is 15.0 Å². The van der Waals surface area contributed by atoms with Crippen molar-refractivity contribution in [2.75, 3.05) is 6.54 Å². The van der Waals surface area contributed by atoms with Crippen molar-refractivity contribution in [2.24, 2.45) is 0 Å². The van der Waals surface area contributed by atoms with E-state index in [9.17, 15) is 4.79 Å². The van der Waals surface area contributed by atoms with Crippen LogP contribution in [0.5, 0.6) is 0 Å². The third-order valence-electron chi connectivity index (χ3n) is 3.73. The first-order valence-corrected chi connectivity index (χ1v) is 6.71. The quantitative estimate of drug-likeness (QED) is 0.851. The van der Waals surface area contributed by atoms with Gasteiger partial charge in [0.05, 0.1) is 5.56 Å². The fraction of sp³-hybridized carbons (Fsp3) is 0.429. The molecule has 1 aliphatic heterocycles. The minimum atomic E-state index is -0.0175. The Hall–Kier alpha value is -1.88. The van der Waals surface area contributed by atoms with Crippen molar-refractivity contribution < 1.29 is 4.79 Å². The van der Waals surface area contributed by atoms with Crippen LogP contribution in [0.15, 0.2) is 30.7 Å². The van der Waals surface area contributed by atoms with E-state index in [4.69, 9.17) is 0 Å². The van der Waals surface area contributed by atoms with Crippen LogP contribution in [0.4, 0.5) is 0 Å². The van der Waals surface area contributed by atoms with Gasteiger partial charge in [-0.15, -0.1) is 0 Å². The highest BCUT2D eigenvalue weighted by Crippen LogP contribution is 2.10. The third-order valence-corrected chi connectivity index (χ3v) is 3.73. The Morgan fingerprint density at radius 2 is 2.42 bits per heavy atom. The monoisotopic (exact) mass is 258 g/mol. The van der Waals surface area contributed by atoms with Gasteiger partial charge in [0.2, 0.25) is 0 Å². The van der Waals surface area contributed by atoms with Gasteiger partial charge in [-0.05, 0) is 38.4 Å². The summed E-state index contributed by atoms with van der Waals surface area (Å²) in [5.41, 5.74) is 1.52. The number of hydrogen-bond donors (Lipinski definition) is 2. The lowest BCUT2D eigenvalue weighted by atomic mass is 9.99. The smallest absolute Gasteiger partial charge is 0.253 e. The van der Waals surface area contributed by atoms with E-state index in [0.717, 1.165) is 25.0 Å². The van der Waals surface area contributed by atoms with Gasteiger partial charge in [0.15, 0.2) is 0 Å². The summed E-state index contributed by atoms with van der Waals surface area (Å²) in [6.07, 6.45) is 7.53. The summed E-state index contributed by atoms with van der Waals surface area (Å²) >= 11 is 0. The fourth-order valence-corrected chi connectivity index (χ4v) is 2.55. The molecule has 1 saturated heterocycles. The summed E-state index contributed by atoms with van der Waals surface area (Å²) in [5.74, 6) is -0.0175. The first kappa shape index (κ1) is 12.2. The highest BCUT2D eigenvalue weighted by Gasteiger charge is 2.22. The lowest BCUT2D eigenvalue weighted by Crippen LogP contribution is -2.51. The zero-order valence-electron chi connectivity index (χ0n) is 11.0. The van der Waals surface area contributed by atoms with Gasteiger partial charge in [-0.2, -0.15) is 0 Å². The van der Waals surface area contributed by atoms with E-state index >= 15 is 0 Å². The average molecular weight is 258 g/mol. The largest absolute Gasteiger partial charge is 0.348 e. The Labute approximate surface area is 112 Å². The molecule has 0 radical (unpaired) electrons. The number of carbonyl (C=O) groups excluding carboxylic acids is 1. The molecular formula is C14H18N4O. The molecule has 1 amide bonds. The van der Waals surface area contributed by atoms with Crippen LogP contribution in [-0.4, -0.2) is 33.9 Å². The normalized spacial score (nSPS) is 23.4. The molecule has 19 heavy (non-hydrogen) atoms. The van der Waals surface area contributed by atoms with Gasteiger partial charge in [-0.3, -0.25) is 4.79 Å². The highest BCUT2D eigenvalue weighted by atomic mass is 16.1. The van der Waals surface area contributed by atoms with Crippen LogP contribution >= 0.6 is 0 Å². The molecule has 2 aromatic rings. The number of fused-ring (bicyclic) bond motifs is 1. The summed E-state index contributed by atoms with van der Waals surface area (Å²) in [6.45, 7) is 3.15. The molecule has 3 rings (SSSR count). The van der Waals surface area contributed by atoms with Crippen molar-refractivity contribution >= 4 is 11.6 Å². The maximum Gasteiger partial charge on any atom is 0.253 e. The summed E-state index contributed by atoms with van der Waals surface area (Å²) in [6, 6.07) is 4.21. The van der Waals surface area contributed by atoms with Crippen LogP contribution < -0.4 is 10.6 Å². The number of carbonyl (C=O) groups is 1. The molecule has 5 nitrogen and oxygen atoms in total. The molecule has 2 atom stereocenters. The molecule has 0 aliphatic carbocycles. The Kier molecular flexibility index (Phi) is 3.21. The molecule has 0 spiro atoms. The zero-order chi connectivity index (χ0) is 13.2. The van der Waals surface area contributed by atoms with E-state index in [1.165, 1.54) is 0 Å². The summed E-state index contributed by atoms with van der Waals surface area (Å²) in [4.78, 5) is 16.4. The van der Waals surface area contributed by atoms with Gasteiger partial charge in [0.1, 0.15) is 5.65 Å². The van der Waals surface area contributed by atoms with E-state index in [2.05, 4.69) is 22.5 Å². The number of piperidine rings is 1. The second kappa shape index (κ2) is 5.01. The Bertz CT molecular complexity index is 592. The number of pyridine rings is 1. The molecule has 100 valence electrons. The maximum absolute atomic E-state index is 12.3. The number of amides is 1. The van der Waals surface area contributed by atoms with Crippen molar-refractivity contribution in [1.82, 2.24) is 20.0 Å². The van der Waals surface area contributed by atoms with Crippen molar-refractivity contribution in [3.05, 3.63) is 36.3 Å². The van der Waals surface area contributed by atoms with Gasteiger partial charge in [0, 0.05) is 30.7 Å². The van der Waals surface area contributed by atoms with E-state index in [1.54, 1.807) is 6.20 Å². The van der Waals surface area contributed by atoms with E-state index in [-0.39, 0.29) is 11.9 Å². The van der Waals surface area contributed by atoms with Gasteiger partial charge in [-0.25, -0.2) is 4.98 Å². The number of aromatic nitrogens is 2. The van der Waals surface area contributed by atoms with Crippen molar-refractivity contribution in [2.45, 2.75) is 31.8 Å². The van der Waals surface area contributed by atoms with Crippen LogP contribution in [0.2, 0.25) is 0 Å². The van der Waals surface area contributed by atoms with Crippen LogP contribution in [0.25, 0.3) is 5.65 Å². The van der Waals surface area contributed by atoms with Gasteiger partial charge in [0.25, 0.3) is 5.91 Å². The Balaban J connectivity index is 1.75. The highest BCUT2D eigenvalue weighted by molar-refractivity contribution is 5.94. The minimum Gasteiger partial charge on any atom is -0.348 e. The first-order chi connectivity index (χ1) is 9.24. The molecule has 1 fully saturated rings. The van der Waals surface area contributed by atoms with Crippen molar-refractivity contribution in [3.8, 4) is 0 Å². The van der Waals surface area contributed by atoms with Crippen LogP contribution in [0, 0.1) is 0 Å². The molecule has 5 heteroatoms. The van der Waals surface area contributed by atoms with Crippen molar-refractivity contribution in [3.63, 3.8) is 0 Å². The lowest BCUT2D eigenvalue weighted by molar-refractivity contribution is 0.0919. The fourth-order valence-electron chi connectivity index (χ4n) is 2.55. The van der Waals surface area contributed by atoms with Crippen molar-refractivity contribution in [1.29, 1.82) is 0 Å². The minimum absolute atomic E-state index is 0.0175. The van der Waals surface area contributed by atoms with E-state index in [1.807, 2.05) is 28.9 Å². The molecule has 1 aliphatic rings. The zero-order valence-corrected chi connectivity index (χ0v) is 11.0. The molecule has 0 bridgehead atoms. The topological polar surface area (TPSA) is 58.4 Å². The van der Waals surface area contributed by atoms with Crippen LogP contribution in [-0.2, 0) is 0 Å².